The minimum atomic E-state index is -0.115. The Morgan fingerprint density at radius 3 is 2.43 bits per heavy atom. The highest BCUT2D eigenvalue weighted by molar-refractivity contribution is 5.89. The number of hydrogen-bond acceptors (Lipinski definition) is 8. The first-order valence-corrected chi connectivity index (χ1v) is 14.7. The van der Waals surface area contributed by atoms with Gasteiger partial charge in [-0.1, -0.05) is 30.3 Å². The van der Waals surface area contributed by atoms with E-state index in [1.807, 2.05) is 33.7 Å². The van der Waals surface area contributed by atoms with Gasteiger partial charge in [0, 0.05) is 70.0 Å². The number of amides is 2. The molecule has 0 saturated carbocycles. The van der Waals surface area contributed by atoms with Crippen molar-refractivity contribution in [2.75, 3.05) is 42.1 Å². The fourth-order valence-electron chi connectivity index (χ4n) is 5.66. The number of hydrogen-bond donors (Lipinski definition) is 3. The van der Waals surface area contributed by atoms with E-state index in [2.05, 4.69) is 56.2 Å². The summed E-state index contributed by atoms with van der Waals surface area (Å²) in [5, 5.41) is 9.79. The number of nitrogens with zero attached hydrogens (tertiary/aromatic N) is 6. The maximum absolute atomic E-state index is 12.2. The van der Waals surface area contributed by atoms with Crippen LogP contribution in [0.4, 0.5) is 23.1 Å². The summed E-state index contributed by atoms with van der Waals surface area (Å²) >= 11 is 0. The van der Waals surface area contributed by atoms with Crippen LogP contribution in [0.5, 0.6) is 0 Å². The largest absolute Gasteiger partial charge is 0.351 e. The van der Waals surface area contributed by atoms with E-state index >= 15 is 0 Å². The van der Waals surface area contributed by atoms with Gasteiger partial charge < -0.3 is 25.4 Å². The summed E-state index contributed by atoms with van der Waals surface area (Å²) in [6.07, 6.45) is 5.31. The second-order valence-electron chi connectivity index (χ2n) is 11.1. The highest BCUT2D eigenvalue weighted by atomic mass is 16.2. The van der Waals surface area contributed by atoms with Gasteiger partial charge in [0.1, 0.15) is 0 Å². The van der Waals surface area contributed by atoms with E-state index in [4.69, 9.17) is 9.97 Å². The molecule has 42 heavy (non-hydrogen) atoms. The topological polar surface area (TPSA) is 120 Å². The average Bonchev–Trinajstić information content (AvgIpc) is 3.60. The molecule has 4 heterocycles. The molecule has 2 saturated heterocycles. The molecule has 3 N–H and O–H groups in total. The minimum absolute atomic E-state index is 0.115. The highest BCUT2D eigenvalue weighted by Crippen LogP contribution is 2.27. The Bertz CT molecular complexity index is 1530. The van der Waals surface area contributed by atoms with Crippen LogP contribution in [0.1, 0.15) is 38.2 Å². The number of benzene rings is 2. The molecular formula is C31H37N9O2. The number of imidazole rings is 1. The summed E-state index contributed by atoms with van der Waals surface area (Å²) in [5.74, 6) is 1.25. The first-order chi connectivity index (χ1) is 20.5. The summed E-state index contributed by atoms with van der Waals surface area (Å²) in [6.45, 7) is 6.50. The van der Waals surface area contributed by atoms with E-state index in [1.165, 1.54) is 12.5 Å². The zero-order valence-corrected chi connectivity index (χ0v) is 23.9. The number of fused-ring (bicyclic) bond motifs is 1. The first-order valence-electron chi connectivity index (χ1n) is 14.7. The Balaban J connectivity index is 1.20. The molecule has 2 aliphatic heterocycles. The number of carbonyl (C=O) groups excluding carboxylic acids is 2. The summed E-state index contributed by atoms with van der Waals surface area (Å²) in [4.78, 5) is 42.4. The lowest BCUT2D eigenvalue weighted by Crippen LogP contribution is -2.39. The van der Waals surface area contributed by atoms with Crippen LogP contribution < -0.4 is 16.0 Å². The Hall–Kier alpha value is -4.51. The molecule has 2 aromatic heterocycles. The molecule has 11 heteroatoms. The summed E-state index contributed by atoms with van der Waals surface area (Å²) in [6, 6.07) is 18.3. The third-order valence-electron chi connectivity index (χ3n) is 7.88. The Kier molecular flexibility index (Phi) is 8.27. The number of rotatable bonds is 10. The molecule has 218 valence electrons. The van der Waals surface area contributed by atoms with Crippen molar-refractivity contribution < 1.29 is 9.59 Å². The molecular weight excluding hydrogens is 530 g/mol. The van der Waals surface area contributed by atoms with Crippen LogP contribution in [0.25, 0.3) is 11.2 Å². The van der Waals surface area contributed by atoms with Crippen molar-refractivity contribution in [3.63, 3.8) is 0 Å². The lowest BCUT2D eigenvalue weighted by molar-refractivity contribution is -0.127. The normalized spacial score (nSPS) is 16.2. The molecule has 0 radical (unpaired) electrons. The van der Waals surface area contributed by atoms with Gasteiger partial charge in [0.2, 0.25) is 17.8 Å². The van der Waals surface area contributed by atoms with E-state index in [-0.39, 0.29) is 17.9 Å². The smallest absolute Gasteiger partial charge is 0.227 e. The van der Waals surface area contributed by atoms with Gasteiger partial charge in [0.05, 0.1) is 6.33 Å². The number of aromatic nitrogens is 4. The molecule has 6 rings (SSSR count). The highest BCUT2D eigenvalue weighted by Gasteiger charge is 2.23. The van der Waals surface area contributed by atoms with Crippen LogP contribution in [0, 0.1) is 0 Å². The molecule has 11 nitrogen and oxygen atoms in total. The SMILES string of the molecule is CC(=O)Nc1ccc(Nc2nc(NC3CCN(Cc4ccccc4)CC3)nc3c2ncn3CCN2CCCC2=O)cc1. The van der Waals surface area contributed by atoms with Gasteiger partial charge in [-0.05, 0) is 49.1 Å². The van der Waals surface area contributed by atoms with E-state index in [1.54, 1.807) is 6.33 Å². The van der Waals surface area contributed by atoms with E-state index in [0.29, 0.717) is 36.8 Å². The van der Waals surface area contributed by atoms with Gasteiger partial charge in [-0.25, -0.2) is 4.98 Å². The van der Waals surface area contributed by atoms with E-state index < -0.39 is 0 Å². The molecule has 0 aliphatic carbocycles. The van der Waals surface area contributed by atoms with Gasteiger partial charge >= 0.3 is 0 Å². The predicted octanol–water partition coefficient (Wildman–Crippen LogP) is 4.23. The van der Waals surface area contributed by atoms with Gasteiger partial charge in [-0.2, -0.15) is 9.97 Å². The minimum Gasteiger partial charge on any atom is -0.351 e. The summed E-state index contributed by atoms with van der Waals surface area (Å²) in [5.41, 5.74) is 4.27. The quantitative estimate of drug-likeness (QED) is 0.261. The van der Waals surface area contributed by atoms with Crippen molar-refractivity contribution in [2.24, 2.45) is 0 Å². The standard InChI is InChI=1S/C31H37N9O2/c1-22(41)33-24-9-11-25(12-10-24)34-29-28-30(40(21-32-28)19-18-39-15-5-8-27(39)42)37-31(36-29)35-26-13-16-38(17-14-26)20-23-6-3-2-4-7-23/h2-4,6-7,9-12,21,26H,5,8,13-20H2,1H3,(H,33,41)(H2,34,35,36,37). The number of likely N-dealkylation sites (tertiary alicyclic amines) is 2. The molecule has 0 bridgehead atoms. The summed E-state index contributed by atoms with van der Waals surface area (Å²) in [7, 11) is 0. The fourth-order valence-corrected chi connectivity index (χ4v) is 5.66. The number of anilines is 4. The number of nitrogens with one attached hydrogen (secondary N) is 3. The van der Waals surface area contributed by atoms with Crippen molar-refractivity contribution >= 4 is 46.1 Å². The molecule has 2 amide bonds. The predicted molar refractivity (Wildman–Crippen MR) is 164 cm³/mol. The van der Waals surface area contributed by atoms with Crippen molar-refractivity contribution in [1.29, 1.82) is 0 Å². The lowest BCUT2D eigenvalue weighted by atomic mass is 10.0. The first kappa shape index (κ1) is 27.6. The third kappa shape index (κ3) is 6.68. The zero-order chi connectivity index (χ0) is 28.9. The Morgan fingerprint density at radius 2 is 1.71 bits per heavy atom. The molecule has 4 aromatic rings. The maximum Gasteiger partial charge on any atom is 0.227 e. The average molecular weight is 568 g/mol. The fraction of sp³-hybridized carbons (Fsp3) is 0.387. The van der Waals surface area contributed by atoms with Crippen molar-refractivity contribution in [3.8, 4) is 0 Å². The van der Waals surface area contributed by atoms with Crippen LogP contribution in [0.2, 0.25) is 0 Å². The zero-order valence-electron chi connectivity index (χ0n) is 23.9. The van der Waals surface area contributed by atoms with E-state index in [0.717, 1.165) is 62.5 Å². The molecule has 2 aromatic carbocycles. The molecule has 0 unspecified atom stereocenters. The second kappa shape index (κ2) is 12.6. The van der Waals surface area contributed by atoms with E-state index in [9.17, 15) is 9.59 Å². The molecule has 2 aliphatic rings. The van der Waals surface area contributed by atoms with Crippen molar-refractivity contribution in [3.05, 3.63) is 66.5 Å². The van der Waals surface area contributed by atoms with Gasteiger partial charge in [-0.3, -0.25) is 14.5 Å². The van der Waals surface area contributed by atoms with Gasteiger partial charge in [0.25, 0.3) is 0 Å². The summed E-state index contributed by atoms with van der Waals surface area (Å²) < 4.78 is 2.00. The van der Waals surface area contributed by atoms with Crippen molar-refractivity contribution in [1.82, 2.24) is 29.3 Å². The monoisotopic (exact) mass is 567 g/mol. The number of carbonyl (C=O) groups is 2. The second-order valence-corrected chi connectivity index (χ2v) is 11.1. The molecule has 2 fully saturated rings. The maximum atomic E-state index is 12.2. The van der Waals surface area contributed by atoms with Gasteiger partial charge in [-0.15, -0.1) is 0 Å². The Labute approximate surface area is 245 Å². The van der Waals surface area contributed by atoms with Crippen LogP contribution in [0.15, 0.2) is 60.9 Å². The third-order valence-corrected chi connectivity index (χ3v) is 7.88. The number of piperidine rings is 1. The van der Waals surface area contributed by atoms with Gasteiger partial charge in [0.15, 0.2) is 17.0 Å². The molecule has 0 spiro atoms. The lowest BCUT2D eigenvalue weighted by Gasteiger charge is -2.32. The Morgan fingerprint density at radius 1 is 0.952 bits per heavy atom. The molecule has 0 atom stereocenters. The van der Waals surface area contributed by atoms with Crippen LogP contribution in [-0.2, 0) is 22.7 Å². The van der Waals surface area contributed by atoms with Crippen molar-refractivity contribution in [2.45, 2.75) is 51.7 Å². The van der Waals surface area contributed by atoms with Crippen LogP contribution >= 0.6 is 0 Å². The van der Waals surface area contributed by atoms with Crippen LogP contribution in [0.3, 0.4) is 0 Å². The van der Waals surface area contributed by atoms with Crippen LogP contribution in [-0.4, -0.2) is 73.4 Å².